The number of hydrogen-bond acceptors (Lipinski definition) is 3. The van der Waals surface area contributed by atoms with E-state index >= 15 is 0 Å². The molecule has 7 heteroatoms. The minimum absolute atomic E-state index is 0. The number of nitrogens with one attached hydrogen (secondary N) is 3. The van der Waals surface area contributed by atoms with Crippen LogP contribution >= 0.6 is 24.0 Å². The first-order valence-electron chi connectivity index (χ1n) is 9.18. The predicted molar refractivity (Wildman–Crippen MR) is 126 cm³/mol. The number of carbonyl (C=O) groups excluding carboxylic acids is 1. The summed E-state index contributed by atoms with van der Waals surface area (Å²) < 4.78 is 5.23. The lowest BCUT2D eigenvalue weighted by Gasteiger charge is -2.12. The lowest BCUT2D eigenvalue weighted by atomic mass is 10.1. The number of aryl methyl sites for hydroxylation is 1. The number of amides is 1. The van der Waals surface area contributed by atoms with Crippen molar-refractivity contribution in [1.82, 2.24) is 10.6 Å². The summed E-state index contributed by atoms with van der Waals surface area (Å²) in [6, 6.07) is 15.6. The number of hydrogen-bond donors (Lipinski definition) is 3. The summed E-state index contributed by atoms with van der Waals surface area (Å²) in [5.41, 5.74) is 3.03. The van der Waals surface area contributed by atoms with Crippen molar-refractivity contribution in [3.8, 4) is 5.75 Å². The number of ether oxygens (including phenoxy) is 1. The normalized spacial score (nSPS) is 10.6. The van der Waals surface area contributed by atoms with E-state index < -0.39 is 0 Å². The molecule has 2 rings (SSSR count). The van der Waals surface area contributed by atoms with Crippen LogP contribution in [0.25, 0.3) is 0 Å². The van der Waals surface area contributed by atoms with Crippen LogP contribution in [0, 0.1) is 0 Å². The van der Waals surface area contributed by atoms with Crippen molar-refractivity contribution in [1.29, 1.82) is 0 Å². The maximum Gasteiger partial charge on any atom is 0.243 e. The van der Waals surface area contributed by atoms with Gasteiger partial charge in [0.25, 0.3) is 0 Å². The zero-order valence-corrected chi connectivity index (χ0v) is 18.9. The van der Waals surface area contributed by atoms with Crippen LogP contribution < -0.4 is 20.7 Å². The maximum atomic E-state index is 12.2. The van der Waals surface area contributed by atoms with Gasteiger partial charge in [0.1, 0.15) is 5.75 Å². The van der Waals surface area contributed by atoms with Gasteiger partial charge in [-0.15, -0.1) is 24.0 Å². The van der Waals surface area contributed by atoms with Crippen molar-refractivity contribution in [2.24, 2.45) is 4.99 Å². The second-order valence-corrected chi connectivity index (χ2v) is 6.00. The summed E-state index contributed by atoms with van der Waals surface area (Å²) in [5.74, 6) is 1.28. The molecule has 152 valence electrons. The number of guanidine groups is 1. The van der Waals surface area contributed by atoms with Crippen LogP contribution in [-0.4, -0.2) is 32.1 Å². The summed E-state index contributed by atoms with van der Waals surface area (Å²) in [6.45, 7) is 5.42. The van der Waals surface area contributed by atoms with Crippen molar-refractivity contribution >= 4 is 41.5 Å². The Kier molecular flexibility index (Phi) is 11.0. The Hall–Kier alpha value is -2.29. The number of rotatable bonds is 8. The Labute approximate surface area is 184 Å². The molecule has 1 amide bonds. The van der Waals surface area contributed by atoms with E-state index in [4.69, 9.17) is 4.74 Å². The minimum atomic E-state index is -0.116. The van der Waals surface area contributed by atoms with Crippen molar-refractivity contribution in [2.75, 3.05) is 25.5 Å². The van der Waals surface area contributed by atoms with Crippen LogP contribution in [0.3, 0.4) is 0 Å². The lowest BCUT2D eigenvalue weighted by molar-refractivity contribution is -0.115. The van der Waals surface area contributed by atoms with Gasteiger partial charge in [0.05, 0.1) is 20.2 Å². The summed E-state index contributed by atoms with van der Waals surface area (Å²) in [6.07, 6.45) is 0.934. The molecule has 0 atom stereocenters. The van der Waals surface area contributed by atoms with E-state index in [1.165, 1.54) is 5.56 Å². The Morgan fingerprint density at radius 3 is 2.50 bits per heavy atom. The fourth-order valence-electron chi connectivity index (χ4n) is 2.52. The van der Waals surface area contributed by atoms with E-state index in [0.717, 1.165) is 23.4 Å². The zero-order valence-electron chi connectivity index (χ0n) is 16.6. The first kappa shape index (κ1) is 23.7. The van der Waals surface area contributed by atoms with E-state index in [0.29, 0.717) is 19.0 Å². The van der Waals surface area contributed by atoms with E-state index in [1.807, 2.05) is 55.5 Å². The highest BCUT2D eigenvalue weighted by Crippen LogP contribution is 2.13. The SMILES string of the molecule is CCNC(=NCc1cccc(OC)c1)NCC(=O)Nc1cccc(CC)c1.I. The number of carbonyl (C=O) groups is 1. The van der Waals surface area contributed by atoms with Crippen LogP contribution in [0.4, 0.5) is 5.69 Å². The fraction of sp³-hybridized carbons (Fsp3) is 0.333. The summed E-state index contributed by atoms with van der Waals surface area (Å²) in [4.78, 5) is 16.7. The van der Waals surface area contributed by atoms with Gasteiger partial charge in [-0.25, -0.2) is 4.99 Å². The fourth-order valence-corrected chi connectivity index (χ4v) is 2.52. The summed E-state index contributed by atoms with van der Waals surface area (Å²) in [5, 5.41) is 9.11. The minimum Gasteiger partial charge on any atom is -0.497 e. The Morgan fingerprint density at radius 1 is 1.04 bits per heavy atom. The molecule has 0 aliphatic rings. The molecule has 0 aliphatic carbocycles. The van der Waals surface area contributed by atoms with Gasteiger partial charge in [0.2, 0.25) is 5.91 Å². The van der Waals surface area contributed by atoms with Crippen molar-refractivity contribution < 1.29 is 9.53 Å². The molecule has 2 aromatic carbocycles. The monoisotopic (exact) mass is 496 g/mol. The zero-order chi connectivity index (χ0) is 19.5. The second-order valence-electron chi connectivity index (χ2n) is 6.00. The number of benzene rings is 2. The van der Waals surface area contributed by atoms with Gasteiger partial charge < -0.3 is 20.7 Å². The molecular weight excluding hydrogens is 467 g/mol. The highest BCUT2D eigenvalue weighted by Gasteiger charge is 2.05. The van der Waals surface area contributed by atoms with Gasteiger partial charge in [0, 0.05) is 12.2 Å². The van der Waals surface area contributed by atoms with Gasteiger partial charge in [-0.3, -0.25) is 4.79 Å². The third-order valence-corrected chi connectivity index (χ3v) is 3.93. The lowest BCUT2D eigenvalue weighted by Crippen LogP contribution is -2.41. The standard InChI is InChI=1S/C21H28N4O2.HI/c1-4-16-8-6-10-18(12-16)25-20(26)15-24-21(22-5-2)23-14-17-9-7-11-19(13-17)27-3;/h6-13H,4-5,14-15H2,1-3H3,(H,25,26)(H2,22,23,24);1H. The average Bonchev–Trinajstić information content (AvgIpc) is 2.70. The first-order valence-corrected chi connectivity index (χ1v) is 9.18. The number of nitrogens with zero attached hydrogens (tertiary/aromatic N) is 1. The van der Waals surface area contributed by atoms with Crippen LogP contribution in [0.15, 0.2) is 53.5 Å². The Balaban J connectivity index is 0.00000392. The van der Waals surface area contributed by atoms with E-state index in [2.05, 4.69) is 27.9 Å². The number of aliphatic imine (C=N–C) groups is 1. The molecule has 0 radical (unpaired) electrons. The molecular formula is C21H29IN4O2. The maximum absolute atomic E-state index is 12.2. The van der Waals surface area contributed by atoms with Gasteiger partial charge >= 0.3 is 0 Å². The van der Waals surface area contributed by atoms with Gasteiger partial charge in [-0.1, -0.05) is 31.2 Å². The molecule has 0 spiro atoms. The molecule has 0 saturated carbocycles. The molecule has 0 bridgehead atoms. The smallest absolute Gasteiger partial charge is 0.243 e. The topological polar surface area (TPSA) is 74.8 Å². The number of halogens is 1. The first-order chi connectivity index (χ1) is 13.1. The molecule has 0 fully saturated rings. The van der Waals surface area contributed by atoms with E-state index in [-0.39, 0.29) is 36.4 Å². The molecule has 0 unspecified atom stereocenters. The molecule has 0 aliphatic heterocycles. The molecule has 2 aromatic rings. The van der Waals surface area contributed by atoms with E-state index in [1.54, 1.807) is 7.11 Å². The van der Waals surface area contributed by atoms with Gasteiger partial charge in [0.15, 0.2) is 5.96 Å². The third kappa shape index (κ3) is 8.16. The summed E-state index contributed by atoms with van der Waals surface area (Å²) in [7, 11) is 1.64. The number of methoxy groups -OCH3 is 1. The predicted octanol–water partition coefficient (Wildman–Crippen LogP) is 3.57. The molecule has 0 saturated heterocycles. The molecule has 0 aromatic heterocycles. The molecule has 6 nitrogen and oxygen atoms in total. The van der Waals surface area contributed by atoms with Crippen LogP contribution in [0.5, 0.6) is 5.75 Å². The highest BCUT2D eigenvalue weighted by atomic mass is 127. The van der Waals surface area contributed by atoms with Crippen LogP contribution in [0.1, 0.15) is 25.0 Å². The third-order valence-electron chi connectivity index (χ3n) is 3.93. The number of anilines is 1. The average molecular weight is 496 g/mol. The Morgan fingerprint density at radius 2 is 1.79 bits per heavy atom. The molecule has 28 heavy (non-hydrogen) atoms. The second kappa shape index (κ2) is 13.0. The summed E-state index contributed by atoms with van der Waals surface area (Å²) >= 11 is 0. The van der Waals surface area contributed by atoms with Crippen LogP contribution in [0.2, 0.25) is 0 Å². The quantitative estimate of drug-likeness (QED) is 0.297. The molecule has 0 heterocycles. The van der Waals surface area contributed by atoms with Crippen molar-refractivity contribution in [3.05, 3.63) is 59.7 Å². The van der Waals surface area contributed by atoms with E-state index in [9.17, 15) is 4.79 Å². The van der Waals surface area contributed by atoms with Crippen LogP contribution in [-0.2, 0) is 17.8 Å². The van der Waals surface area contributed by atoms with Gasteiger partial charge in [-0.05, 0) is 48.7 Å². The highest BCUT2D eigenvalue weighted by molar-refractivity contribution is 14.0. The Bertz CT molecular complexity index is 781. The van der Waals surface area contributed by atoms with Crippen molar-refractivity contribution in [3.63, 3.8) is 0 Å². The molecule has 3 N–H and O–H groups in total. The van der Waals surface area contributed by atoms with Gasteiger partial charge in [-0.2, -0.15) is 0 Å². The van der Waals surface area contributed by atoms with Crippen molar-refractivity contribution in [2.45, 2.75) is 26.8 Å². The largest absolute Gasteiger partial charge is 0.497 e.